The van der Waals surface area contributed by atoms with Gasteiger partial charge in [0.05, 0.1) is 25.9 Å². The van der Waals surface area contributed by atoms with Gasteiger partial charge in [0.1, 0.15) is 0 Å². The molecule has 0 radical (unpaired) electrons. The van der Waals surface area contributed by atoms with Gasteiger partial charge in [0.25, 0.3) is 0 Å². The SMILES string of the molecule is CNC(c1ccccc1)C(C)(C)CN1CCOCC1CO. The van der Waals surface area contributed by atoms with Crippen LogP contribution in [0.25, 0.3) is 0 Å². The highest BCUT2D eigenvalue weighted by atomic mass is 16.5. The molecule has 1 aromatic carbocycles. The van der Waals surface area contributed by atoms with Crippen LogP contribution in [-0.2, 0) is 4.74 Å². The summed E-state index contributed by atoms with van der Waals surface area (Å²) < 4.78 is 5.47. The molecule has 21 heavy (non-hydrogen) atoms. The summed E-state index contributed by atoms with van der Waals surface area (Å²) in [6.45, 7) is 7.92. The van der Waals surface area contributed by atoms with E-state index in [0.717, 1.165) is 19.7 Å². The maximum absolute atomic E-state index is 9.53. The van der Waals surface area contributed by atoms with Gasteiger partial charge in [-0.3, -0.25) is 4.90 Å². The average molecular weight is 292 g/mol. The van der Waals surface area contributed by atoms with Gasteiger partial charge in [-0.05, 0) is 18.0 Å². The van der Waals surface area contributed by atoms with Crippen molar-refractivity contribution in [2.45, 2.75) is 25.9 Å². The number of aliphatic hydroxyl groups is 1. The number of nitrogens with one attached hydrogen (secondary N) is 1. The van der Waals surface area contributed by atoms with E-state index in [1.165, 1.54) is 5.56 Å². The van der Waals surface area contributed by atoms with Crippen molar-refractivity contribution in [2.24, 2.45) is 5.41 Å². The summed E-state index contributed by atoms with van der Waals surface area (Å²) in [6, 6.07) is 11.0. The molecule has 1 aliphatic heterocycles. The first-order valence-corrected chi connectivity index (χ1v) is 7.73. The van der Waals surface area contributed by atoms with Crippen LogP contribution in [0.1, 0.15) is 25.5 Å². The third-order valence-corrected chi connectivity index (χ3v) is 4.37. The first-order chi connectivity index (χ1) is 10.1. The van der Waals surface area contributed by atoms with Crippen LogP contribution < -0.4 is 5.32 Å². The molecule has 0 bridgehead atoms. The minimum absolute atomic E-state index is 0.0564. The molecule has 0 saturated carbocycles. The van der Waals surface area contributed by atoms with Crippen LogP contribution in [0.3, 0.4) is 0 Å². The molecule has 4 nitrogen and oxygen atoms in total. The van der Waals surface area contributed by atoms with Crippen molar-refractivity contribution in [3.05, 3.63) is 35.9 Å². The Morgan fingerprint density at radius 2 is 2.10 bits per heavy atom. The first-order valence-electron chi connectivity index (χ1n) is 7.73. The lowest BCUT2D eigenvalue weighted by atomic mass is 9.79. The molecule has 0 spiro atoms. The third kappa shape index (κ3) is 4.04. The molecule has 2 N–H and O–H groups in total. The number of ether oxygens (including phenoxy) is 1. The lowest BCUT2D eigenvalue weighted by Gasteiger charge is -2.43. The van der Waals surface area contributed by atoms with Crippen molar-refractivity contribution in [3.63, 3.8) is 0 Å². The van der Waals surface area contributed by atoms with Crippen molar-refractivity contribution in [1.29, 1.82) is 0 Å². The zero-order valence-corrected chi connectivity index (χ0v) is 13.4. The standard InChI is InChI=1S/C17H28N2O2/c1-17(2,13-19-9-10-21-12-15(19)11-20)16(18-3)14-7-5-4-6-8-14/h4-8,15-16,18,20H,9-13H2,1-3H3. The maximum atomic E-state index is 9.53. The summed E-state index contributed by atoms with van der Waals surface area (Å²) in [6.07, 6.45) is 0. The Bertz CT molecular complexity index is 422. The monoisotopic (exact) mass is 292 g/mol. The number of aliphatic hydroxyl groups excluding tert-OH is 1. The number of rotatable bonds is 6. The molecule has 1 heterocycles. The molecule has 118 valence electrons. The van der Waals surface area contributed by atoms with Gasteiger partial charge in [-0.1, -0.05) is 44.2 Å². The summed E-state index contributed by atoms with van der Waals surface area (Å²) in [4.78, 5) is 2.36. The van der Waals surface area contributed by atoms with Crippen molar-refractivity contribution < 1.29 is 9.84 Å². The molecule has 0 aromatic heterocycles. The minimum atomic E-state index is 0.0564. The Labute approximate surface area is 128 Å². The predicted molar refractivity (Wildman–Crippen MR) is 85.3 cm³/mol. The fourth-order valence-electron chi connectivity index (χ4n) is 3.33. The molecular formula is C17H28N2O2. The molecule has 2 atom stereocenters. The van der Waals surface area contributed by atoms with Gasteiger partial charge in [0.15, 0.2) is 0 Å². The van der Waals surface area contributed by atoms with E-state index in [0.29, 0.717) is 6.61 Å². The molecule has 1 saturated heterocycles. The van der Waals surface area contributed by atoms with E-state index in [4.69, 9.17) is 4.74 Å². The van der Waals surface area contributed by atoms with E-state index in [-0.39, 0.29) is 24.1 Å². The van der Waals surface area contributed by atoms with Crippen LogP contribution in [0.4, 0.5) is 0 Å². The predicted octanol–water partition coefficient (Wildman–Crippen LogP) is 1.67. The first kappa shape index (κ1) is 16.4. The van der Waals surface area contributed by atoms with Gasteiger partial charge in [-0.25, -0.2) is 0 Å². The Morgan fingerprint density at radius 1 is 1.38 bits per heavy atom. The number of hydrogen-bond donors (Lipinski definition) is 2. The van der Waals surface area contributed by atoms with Crippen LogP contribution in [0.15, 0.2) is 30.3 Å². The Morgan fingerprint density at radius 3 is 2.71 bits per heavy atom. The second kappa shape index (κ2) is 7.36. The summed E-state index contributed by atoms with van der Waals surface area (Å²) >= 11 is 0. The molecule has 1 fully saturated rings. The van der Waals surface area contributed by atoms with Gasteiger partial charge in [0.2, 0.25) is 0 Å². The number of nitrogens with zero attached hydrogens (tertiary/aromatic N) is 1. The minimum Gasteiger partial charge on any atom is -0.395 e. The van der Waals surface area contributed by atoms with Crippen LogP contribution in [0, 0.1) is 5.41 Å². The molecule has 0 amide bonds. The topological polar surface area (TPSA) is 44.7 Å². The highest BCUT2D eigenvalue weighted by Crippen LogP contribution is 2.34. The van der Waals surface area contributed by atoms with Crippen LogP contribution in [-0.4, -0.2) is 56.0 Å². The van der Waals surface area contributed by atoms with Crippen LogP contribution in [0.2, 0.25) is 0 Å². The Balaban J connectivity index is 2.11. The normalized spacial score (nSPS) is 22.2. The van der Waals surface area contributed by atoms with Crippen LogP contribution >= 0.6 is 0 Å². The summed E-state index contributed by atoms with van der Waals surface area (Å²) in [5.41, 5.74) is 1.36. The highest BCUT2D eigenvalue weighted by molar-refractivity contribution is 5.21. The molecular weight excluding hydrogens is 264 g/mol. The number of benzene rings is 1. The zero-order valence-electron chi connectivity index (χ0n) is 13.4. The highest BCUT2D eigenvalue weighted by Gasteiger charge is 2.34. The molecule has 1 aliphatic rings. The largest absolute Gasteiger partial charge is 0.395 e. The quantitative estimate of drug-likeness (QED) is 0.837. The van der Waals surface area contributed by atoms with E-state index in [1.807, 2.05) is 13.1 Å². The molecule has 2 unspecified atom stereocenters. The van der Waals surface area contributed by atoms with E-state index >= 15 is 0 Å². The summed E-state index contributed by atoms with van der Waals surface area (Å²) in [5.74, 6) is 0. The van der Waals surface area contributed by atoms with Gasteiger partial charge in [-0.2, -0.15) is 0 Å². The lowest BCUT2D eigenvalue weighted by molar-refractivity contribution is -0.0447. The van der Waals surface area contributed by atoms with E-state index in [1.54, 1.807) is 0 Å². The molecule has 0 aliphatic carbocycles. The van der Waals surface area contributed by atoms with Crippen molar-refractivity contribution in [3.8, 4) is 0 Å². The maximum Gasteiger partial charge on any atom is 0.0644 e. The number of morpholine rings is 1. The lowest BCUT2D eigenvalue weighted by Crippen LogP contribution is -2.52. The Kier molecular flexibility index (Phi) is 5.76. The van der Waals surface area contributed by atoms with Crippen LogP contribution in [0.5, 0.6) is 0 Å². The molecule has 2 rings (SSSR count). The van der Waals surface area contributed by atoms with E-state index in [9.17, 15) is 5.11 Å². The fraction of sp³-hybridized carbons (Fsp3) is 0.647. The van der Waals surface area contributed by atoms with Crippen molar-refractivity contribution >= 4 is 0 Å². The second-order valence-electron chi connectivity index (χ2n) is 6.50. The molecule has 1 aromatic rings. The molecule has 4 heteroatoms. The summed E-state index contributed by atoms with van der Waals surface area (Å²) in [7, 11) is 2.02. The van der Waals surface area contributed by atoms with Gasteiger partial charge < -0.3 is 15.2 Å². The smallest absolute Gasteiger partial charge is 0.0644 e. The van der Waals surface area contributed by atoms with Gasteiger partial charge in [-0.15, -0.1) is 0 Å². The summed E-state index contributed by atoms with van der Waals surface area (Å²) in [5, 5.41) is 13.0. The zero-order chi connectivity index (χ0) is 15.3. The van der Waals surface area contributed by atoms with Crippen molar-refractivity contribution in [2.75, 3.05) is 40.0 Å². The Hall–Kier alpha value is -0.940. The van der Waals surface area contributed by atoms with Gasteiger partial charge >= 0.3 is 0 Å². The third-order valence-electron chi connectivity index (χ3n) is 4.37. The second-order valence-corrected chi connectivity index (χ2v) is 6.50. The average Bonchev–Trinajstić information content (AvgIpc) is 2.49. The number of hydrogen-bond acceptors (Lipinski definition) is 4. The van der Waals surface area contributed by atoms with Crippen molar-refractivity contribution in [1.82, 2.24) is 10.2 Å². The van der Waals surface area contributed by atoms with E-state index in [2.05, 4.69) is 48.3 Å². The van der Waals surface area contributed by atoms with E-state index < -0.39 is 0 Å². The van der Waals surface area contributed by atoms with Gasteiger partial charge in [0, 0.05) is 19.1 Å². The fourth-order valence-corrected chi connectivity index (χ4v) is 3.33.